The lowest BCUT2D eigenvalue weighted by Crippen LogP contribution is -2.24. The molecule has 1 heterocycles. The van der Waals surface area contributed by atoms with Gasteiger partial charge in [-0.15, -0.1) is 11.3 Å². The Morgan fingerprint density at radius 2 is 2.00 bits per heavy atom. The average molecular weight is 263 g/mol. The van der Waals surface area contributed by atoms with Gasteiger partial charge in [-0.3, -0.25) is 0 Å². The van der Waals surface area contributed by atoms with Gasteiger partial charge >= 0.3 is 0 Å². The number of hydrogen-bond donors (Lipinski definition) is 1. The van der Waals surface area contributed by atoms with Gasteiger partial charge in [0.25, 0.3) is 0 Å². The molecule has 3 heteroatoms. The molecule has 0 saturated heterocycles. The van der Waals surface area contributed by atoms with Crippen LogP contribution in [0, 0.1) is 5.82 Å². The SMILES string of the molecule is CCC(N[C@@H](C)c1cccs1)c1ccccc1F. The van der Waals surface area contributed by atoms with Gasteiger partial charge in [0, 0.05) is 22.5 Å². The van der Waals surface area contributed by atoms with Gasteiger partial charge in [0.15, 0.2) is 0 Å². The van der Waals surface area contributed by atoms with Crippen molar-refractivity contribution < 1.29 is 4.39 Å². The van der Waals surface area contributed by atoms with E-state index < -0.39 is 0 Å². The lowest BCUT2D eigenvalue weighted by molar-refractivity contribution is 0.443. The predicted molar refractivity (Wildman–Crippen MR) is 75.3 cm³/mol. The van der Waals surface area contributed by atoms with E-state index in [1.807, 2.05) is 18.2 Å². The fourth-order valence-corrected chi connectivity index (χ4v) is 2.85. The van der Waals surface area contributed by atoms with Gasteiger partial charge in [0.2, 0.25) is 0 Å². The molecule has 0 amide bonds. The third-order valence-corrected chi connectivity index (χ3v) is 4.17. The largest absolute Gasteiger partial charge is 0.302 e. The van der Waals surface area contributed by atoms with Crippen LogP contribution in [0.3, 0.4) is 0 Å². The minimum absolute atomic E-state index is 0.0586. The highest BCUT2D eigenvalue weighted by atomic mass is 32.1. The molecule has 0 radical (unpaired) electrons. The summed E-state index contributed by atoms with van der Waals surface area (Å²) in [5.41, 5.74) is 0.753. The summed E-state index contributed by atoms with van der Waals surface area (Å²) < 4.78 is 13.8. The quantitative estimate of drug-likeness (QED) is 0.825. The van der Waals surface area contributed by atoms with E-state index in [4.69, 9.17) is 0 Å². The third-order valence-electron chi connectivity index (χ3n) is 3.11. The van der Waals surface area contributed by atoms with E-state index in [1.165, 1.54) is 10.9 Å². The molecule has 1 nitrogen and oxygen atoms in total. The smallest absolute Gasteiger partial charge is 0.127 e. The highest BCUT2D eigenvalue weighted by molar-refractivity contribution is 7.10. The van der Waals surface area contributed by atoms with Crippen molar-refractivity contribution in [3.63, 3.8) is 0 Å². The molecule has 1 N–H and O–H groups in total. The van der Waals surface area contributed by atoms with E-state index in [-0.39, 0.29) is 17.9 Å². The van der Waals surface area contributed by atoms with Gasteiger partial charge in [-0.25, -0.2) is 4.39 Å². The van der Waals surface area contributed by atoms with Gasteiger partial charge in [-0.1, -0.05) is 31.2 Å². The summed E-state index contributed by atoms with van der Waals surface area (Å²) in [6.07, 6.45) is 0.872. The van der Waals surface area contributed by atoms with Crippen molar-refractivity contribution in [1.29, 1.82) is 0 Å². The van der Waals surface area contributed by atoms with Crippen LogP contribution < -0.4 is 5.32 Å². The zero-order chi connectivity index (χ0) is 13.0. The number of rotatable bonds is 5. The summed E-state index contributed by atoms with van der Waals surface area (Å²) in [5.74, 6) is -0.129. The number of halogens is 1. The zero-order valence-corrected chi connectivity index (χ0v) is 11.5. The monoisotopic (exact) mass is 263 g/mol. The number of nitrogens with one attached hydrogen (secondary N) is 1. The normalized spacial score (nSPS) is 14.4. The first-order valence-corrected chi connectivity index (χ1v) is 7.14. The molecule has 0 aliphatic rings. The van der Waals surface area contributed by atoms with E-state index in [9.17, 15) is 4.39 Å². The topological polar surface area (TPSA) is 12.0 Å². The molecule has 1 unspecified atom stereocenters. The Hall–Kier alpha value is -1.19. The van der Waals surface area contributed by atoms with E-state index in [0.717, 1.165) is 12.0 Å². The van der Waals surface area contributed by atoms with Crippen LogP contribution in [0.2, 0.25) is 0 Å². The summed E-state index contributed by atoms with van der Waals surface area (Å²) in [6.45, 7) is 4.20. The van der Waals surface area contributed by atoms with Gasteiger partial charge in [-0.05, 0) is 30.9 Å². The molecule has 18 heavy (non-hydrogen) atoms. The van der Waals surface area contributed by atoms with Crippen LogP contribution in [0.4, 0.5) is 4.39 Å². The Balaban J connectivity index is 2.13. The molecule has 0 bridgehead atoms. The molecule has 1 aromatic heterocycles. The van der Waals surface area contributed by atoms with Crippen molar-refractivity contribution in [2.75, 3.05) is 0 Å². The molecule has 2 atom stereocenters. The average Bonchev–Trinajstić information content (AvgIpc) is 2.90. The van der Waals surface area contributed by atoms with Crippen LogP contribution >= 0.6 is 11.3 Å². The molecule has 0 spiro atoms. The molecule has 0 fully saturated rings. The Kier molecular flexibility index (Phi) is 4.50. The maximum atomic E-state index is 13.8. The maximum Gasteiger partial charge on any atom is 0.127 e. The number of benzene rings is 1. The highest BCUT2D eigenvalue weighted by Gasteiger charge is 2.16. The van der Waals surface area contributed by atoms with Gasteiger partial charge in [-0.2, -0.15) is 0 Å². The second-order valence-electron chi connectivity index (χ2n) is 4.39. The first kappa shape index (κ1) is 13.2. The molecule has 0 aliphatic heterocycles. The fraction of sp³-hybridized carbons (Fsp3) is 0.333. The lowest BCUT2D eigenvalue weighted by atomic mass is 10.0. The number of hydrogen-bond acceptors (Lipinski definition) is 2. The molecule has 0 saturated carbocycles. The van der Waals surface area contributed by atoms with E-state index >= 15 is 0 Å². The molecular weight excluding hydrogens is 245 g/mol. The first-order valence-electron chi connectivity index (χ1n) is 6.26. The van der Waals surface area contributed by atoms with Crippen LogP contribution in [-0.4, -0.2) is 0 Å². The Morgan fingerprint density at radius 1 is 1.22 bits per heavy atom. The van der Waals surface area contributed by atoms with Crippen molar-refractivity contribution in [3.8, 4) is 0 Å². The van der Waals surface area contributed by atoms with Crippen LogP contribution in [0.15, 0.2) is 41.8 Å². The maximum absolute atomic E-state index is 13.8. The first-order chi connectivity index (χ1) is 8.72. The van der Waals surface area contributed by atoms with Gasteiger partial charge < -0.3 is 5.32 Å². The predicted octanol–water partition coefficient (Wildman–Crippen LogP) is 4.69. The van der Waals surface area contributed by atoms with Crippen molar-refractivity contribution in [2.45, 2.75) is 32.4 Å². The summed E-state index contributed by atoms with van der Waals surface area (Å²) in [7, 11) is 0. The summed E-state index contributed by atoms with van der Waals surface area (Å²) in [5, 5.41) is 5.56. The Bertz CT molecular complexity index is 481. The van der Waals surface area contributed by atoms with Crippen LogP contribution in [0.1, 0.15) is 42.8 Å². The minimum atomic E-state index is -0.129. The third kappa shape index (κ3) is 2.98. The molecule has 2 rings (SSSR count). The van der Waals surface area contributed by atoms with Gasteiger partial charge in [0.05, 0.1) is 0 Å². The van der Waals surface area contributed by atoms with Crippen molar-refractivity contribution in [2.24, 2.45) is 0 Å². The highest BCUT2D eigenvalue weighted by Crippen LogP contribution is 2.25. The van der Waals surface area contributed by atoms with Crippen molar-refractivity contribution in [1.82, 2.24) is 5.32 Å². The number of thiophene rings is 1. The van der Waals surface area contributed by atoms with E-state index in [0.29, 0.717) is 0 Å². The Labute approximate surface area is 112 Å². The van der Waals surface area contributed by atoms with Crippen LogP contribution in [0.25, 0.3) is 0 Å². The molecule has 96 valence electrons. The molecule has 0 aliphatic carbocycles. The van der Waals surface area contributed by atoms with E-state index in [1.54, 1.807) is 17.4 Å². The van der Waals surface area contributed by atoms with Crippen molar-refractivity contribution >= 4 is 11.3 Å². The molecule has 1 aromatic carbocycles. The van der Waals surface area contributed by atoms with Crippen LogP contribution in [0.5, 0.6) is 0 Å². The summed E-state index contributed by atoms with van der Waals surface area (Å²) >= 11 is 1.73. The van der Waals surface area contributed by atoms with Gasteiger partial charge in [0.1, 0.15) is 5.82 Å². The van der Waals surface area contributed by atoms with E-state index in [2.05, 4.69) is 30.6 Å². The lowest BCUT2D eigenvalue weighted by Gasteiger charge is -2.22. The van der Waals surface area contributed by atoms with Crippen LogP contribution in [-0.2, 0) is 0 Å². The standard InChI is InChI=1S/C15H18FNS/c1-3-14(12-7-4-5-8-13(12)16)17-11(2)15-9-6-10-18-15/h4-11,14,17H,3H2,1-2H3/t11-,14?/m0/s1. The summed E-state index contributed by atoms with van der Waals surface area (Å²) in [4.78, 5) is 1.28. The fourth-order valence-electron chi connectivity index (χ4n) is 2.11. The molecular formula is C15H18FNS. The Morgan fingerprint density at radius 3 is 2.61 bits per heavy atom. The zero-order valence-electron chi connectivity index (χ0n) is 10.7. The second kappa shape index (κ2) is 6.12. The second-order valence-corrected chi connectivity index (χ2v) is 5.37. The van der Waals surface area contributed by atoms with Crippen molar-refractivity contribution in [3.05, 3.63) is 58.0 Å². The molecule has 2 aromatic rings. The minimum Gasteiger partial charge on any atom is -0.302 e. The summed E-state index contributed by atoms with van der Waals surface area (Å²) in [6, 6.07) is 11.5.